The highest BCUT2D eigenvalue weighted by Gasteiger charge is 2.33. The van der Waals surface area contributed by atoms with Crippen LogP contribution in [0.3, 0.4) is 0 Å². The molecule has 0 saturated heterocycles. The second kappa shape index (κ2) is 8.74. The summed E-state index contributed by atoms with van der Waals surface area (Å²) in [6.45, 7) is 9.93. The van der Waals surface area contributed by atoms with Gasteiger partial charge in [-0.25, -0.2) is 8.78 Å². The van der Waals surface area contributed by atoms with Gasteiger partial charge in [-0.2, -0.15) is 0 Å². The third kappa shape index (κ3) is 3.97. The van der Waals surface area contributed by atoms with Crippen molar-refractivity contribution in [3.8, 4) is 11.1 Å². The maximum Gasteiger partial charge on any atom is 0.153 e. The van der Waals surface area contributed by atoms with E-state index in [1.807, 2.05) is 46.8 Å². The molecule has 4 heteroatoms. The number of pyridine rings is 1. The van der Waals surface area contributed by atoms with Crippen molar-refractivity contribution in [1.82, 2.24) is 4.98 Å². The Kier molecular flexibility index (Phi) is 6.17. The Morgan fingerprint density at radius 3 is 2.22 bits per heavy atom. The number of fused-ring (bicyclic) bond motifs is 1. The molecule has 0 amide bonds. The van der Waals surface area contributed by atoms with E-state index >= 15 is 4.39 Å². The van der Waals surface area contributed by atoms with Gasteiger partial charge in [0, 0.05) is 16.8 Å². The summed E-state index contributed by atoms with van der Waals surface area (Å²) in [5, 5.41) is 11.0. The molecule has 3 aromatic rings. The highest BCUT2D eigenvalue weighted by Crippen LogP contribution is 2.46. The monoisotopic (exact) mass is 435 g/mol. The summed E-state index contributed by atoms with van der Waals surface area (Å²) in [7, 11) is 0. The molecular formula is C28H31F2NO. The van der Waals surface area contributed by atoms with Gasteiger partial charge < -0.3 is 5.11 Å². The molecule has 1 heterocycles. The molecule has 2 unspecified atom stereocenters. The van der Waals surface area contributed by atoms with E-state index in [-0.39, 0.29) is 11.7 Å². The maximum absolute atomic E-state index is 16.7. The first-order valence-electron chi connectivity index (χ1n) is 11.4. The van der Waals surface area contributed by atoms with Gasteiger partial charge in [-0.1, -0.05) is 43.7 Å². The molecule has 0 saturated carbocycles. The summed E-state index contributed by atoms with van der Waals surface area (Å²) in [5.41, 5.74) is 7.68. The Morgan fingerprint density at radius 1 is 1.00 bits per heavy atom. The van der Waals surface area contributed by atoms with Crippen molar-refractivity contribution in [2.24, 2.45) is 0 Å². The number of hydrogen-bond donors (Lipinski definition) is 1. The van der Waals surface area contributed by atoms with Crippen LogP contribution in [-0.2, 0) is 6.42 Å². The Hall–Kier alpha value is -2.59. The molecule has 4 rings (SSSR count). The summed E-state index contributed by atoms with van der Waals surface area (Å²) in [5.74, 6) is -0.345. The van der Waals surface area contributed by atoms with Crippen LogP contribution in [0.1, 0.15) is 89.7 Å². The van der Waals surface area contributed by atoms with Crippen molar-refractivity contribution >= 4 is 0 Å². The standard InChI is InChI=1S/C28H31F2NO/c1-15(2)28-26(27(30)23-17(4)13-16(3)14-18(23)5)24(19-9-11-20(29)12-10-19)25-21(31-28)7-6-8-22(25)32/h9-15,22,27,32H,6-8H2,1-5H3. The van der Waals surface area contributed by atoms with Gasteiger partial charge in [-0.15, -0.1) is 0 Å². The Morgan fingerprint density at radius 2 is 1.62 bits per heavy atom. The minimum absolute atomic E-state index is 0.00196. The fourth-order valence-corrected chi connectivity index (χ4v) is 5.20. The van der Waals surface area contributed by atoms with E-state index in [1.165, 1.54) is 12.1 Å². The minimum Gasteiger partial charge on any atom is -0.388 e. The predicted molar refractivity (Wildman–Crippen MR) is 125 cm³/mol. The van der Waals surface area contributed by atoms with Gasteiger partial charge in [0.1, 0.15) is 5.82 Å². The zero-order chi connectivity index (χ0) is 23.2. The molecule has 2 atom stereocenters. The molecule has 1 aromatic heterocycles. The van der Waals surface area contributed by atoms with Crippen LogP contribution in [0.25, 0.3) is 11.1 Å². The summed E-state index contributed by atoms with van der Waals surface area (Å²) in [6, 6.07) is 10.2. The van der Waals surface area contributed by atoms with Crippen molar-refractivity contribution in [3.05, 3.63) is 87.0 Å². The van der Waals surface area contributed by atoms with E-state index < -0.39 is 12.3 Å². The van der Waals surface area contributed by atoms with E-state index in [1.54, 1.807) is 12.1 Å². The molecule has 168 valence electrons. The van der Waals surface area contributed by atoms with E-state index in [2.05, 4.69) is 0 Å². The van der Waals surface area contributed by atoms with Gasteiger partial charge in [0.2, 0.25) is 0 Å². The number of hydrogen-bond acceptors (Lipinski definition) is 2. The molecule has 1 aliphatic rings. The van der Waals surface area contributed by atoms with Crippen LogP contribution >= 0.6 is 0 Å². The maximum atomic E-state index is 16.7. The number of nitrogens with zero attached hydrogens (tertiary/aromatic N) is 1. The lowest BCUT2D eigenvalue weighted by atomic mass is 9.79. The first-order chi connectivity index (χ1) is 15.2. The smallest absolute Gasteiger partial charge is 0.153 e. The predicted octanol–water partition coefficient (Wildman–Crippen LogP) is 7.36. The van der Waals surface area contributed by atoms with Gasteiger partial charge in [-0.3, -0.25) is 4.98 Å². The largest absolute Gasteiger partial charge is 0.388 e. The van der Waals surface area contributed by atoms with Crippen LogP contribution in [0, 0.1) is 26.6 Å². The van der Waals surface area contributed by atoms with Gasteiger partial charge >= 0.3 is 0 Å². The first kappa shape index (κ1) is 22.6. The SMILES string of the molecule is Cc1cc(C)c(C(F)c2c(C(C)C)nc3c(c2-c2ccc(F)cc2)C(O)CCC3)c(C)c1. The fraction of sp³-hybridized carbons (Fsp3) is 0.393. The summed E-state index contributed by atoms with van der Waals surface area (Å²) < 4.78 is 30.4. The van der Waals surface area contributed by atoms with Crippen molar-refractivity contribution in [2.75, 3.05) is 0 Å². The second-order valence-electron chi connectivity index (χ2n) is 9.39. The summed E-state index contributed by atoms with van der Waals surface area (Å²) in [6.07, 6.45) is 0.0951. The Labute approximate surface area is 189 Å². The number of halogens is 2. The van der Waals surface area contributed by atoms with Crippen molar-refractivity contribution in [2.45, 2.75) is 72.1 Å². The molecule has 0 spiro atoms. The lowest BCUT2D eigenvalue weighted by Crippen LogP contribution is -2.19. The lowest BCUT2D eigenvalue weighted by Gasteiger charge is -2.30. The summed E-state index contributed by atoms with van der Waals surface area (Å²) >= 11 is 0. The van der Waals surface area contributed by atoms with E-state index in [0.717, 1.165) is 35.2 Å². The molecule has 32 heavy (non-hydrogen) atoms. The van der Waals surface area contributed by atoms with Gasteiger partial charge in [0.15, 0.2) is 6.17 Å². The third-order valence-electron chi connectivity index (χ3n) is 6.53. The van der Waals surface area contributed by atoms with Crippen LogP contribution in [0.2, 0.25) is 0 Å². The number of aromatic nitrogens is 1. The third-order valence-corrected chi connectivity index (χ3v) is 6.53. The topological polar surface area (TPSA) is 33.1 Å². The number of aliphatic hydroxyl groups is 1. The highest BCUT2D eigenvalue weighted by atomic mass is 19.1. The number of aryl methyl sites for hydroxylation is 4. The molecule has 2 aromatic carbocycles. The van der Waals surface area contributed by atoms with Crippen molar-refractivity contribution in [1.29, 1.82) is 0 Å². The number of rotatable bonds is 4. The average Bonchev–Trinajstić information content (AvgIpc) is 2.72. The molecule has 0 bridgehead atoms. The van der Waals surface area contributed by atoms with Crippen molar-refractivity contribution in [3.63, 3.8) is 0 Å². The lowest BCUT2D eigenvalue weighted by molar-refractivity contribution is 0.155. The quantitative estimate of drug-likeness (QED) is 0.464. The van der Waals surface area contributed by atoms with Crippen LogP contribution < -0.4 is 0 Å². The number of benzene rings is 2. The first-order valence-corrected chi connectivity index (χ1v) is 11.4. The van der Waals surface area contributed by atoms with Crippen LogP contribution in [0.4, 0.5) is 8.78 Å². The van der Waals surface area contributed by atoms with E-state index in [4.69, 9.17) is 4.98 Å². The second-order valence-corrected chi connectivity index (χ2v) is 9.39. The summed E-state index contributed by atoms with van der Waals surface area (Å²) in [4.78, 5) is 4.92. The molecule has 1 aliphatic carbocycles. The Bertz CT molecular complexity index is 1130. The normalized spacial score (nSPS) is 16.8. The average molecular weight is 436 g/mol. The molecule has 0 radical (unpaired) electrons. The number of aliphatic hydroxyl groups excluding tert-OH is 1. The Balaban J connectivity index is 2.09. The van der Waals surface area contributed by atoms with Crippen molar-refractivity contribution < 1.29 is 13.9 Å². The zero-order valence-corrected chi connectivity index (χ0v) is 19.5. The molecule has 0 aliphatic heterocycles. The molecule has 2 nitrogen and oxygen atoms in total. The van der Waals surface area contributed by atoms with Crippen LogP contribution in [0.15, 0.2) is 36.4 Å². The fourth-order valence-electron chi connectivity index (χ4n) is 5.20. The highest BCUT2D eigenvalue weighted by molar-refractivity contribution is 5.75. The van der Waals surface area contributed by atoms with E-state index in [9.17, 15) is 9.50 Å². The zero-order valence-electron chi connectivity index (χ0n) is 19.5. The van der Waals surface area contributed by atoms with Gasteiger partial charge in [0.25, 0.3) is 0 Å². The van der Waals surface area contributed by atoms with Crippen LogP contribution in [0.5, 0.6) is 0 Å². The number of alkyl halides is 1. The molecule has 0 fully saturated rings. The molecular weight excluding hydrogens is 404 g/mol. The minimum atomic E-state index is -1.40. The van der Waals surface area contributed by atoms with Gasteiger partial charge in [0.05, 0.1) is 11.8 Å². The van der Waals surface area contributed by atoms with Gasteiger partial charge in [-0.05, 0) is 85.9 Å². The van der Waals surface area contributed by atoms with E-state index in [0.29, 0.717) is 39.9 Å². The molecule has 1 N–H and O–H groups in total. The van der Waals surface area contributed by atoms with Crippen LogP contribution in [-0.4, -0.2) is 10.1 Å².